The standard InChI is InChI=1S/C17H18N4O4/c1-3-25-16(24)14-11(2)20(9-13(22)23)17-18-10-19-21(17)15(14)12-7-5-4-6-8-12/h4-8,10,15H,3,9H2,1-2H3,(H,22,23). The summed E-state index contributed by atoms with van der Waals surface area (Å²) in [5, 5.41) is 13.4. The summed E-state index contributed by atoms with van der Waals surface area (Å²) in [4.78, 5) is 29.5. The zero-order chi connectivity index (χ0) is 18.0. The van der Waals surface area contributed by atoms with Gasteiger partial charge in [0.2, 0.25) is 5.95 Å². The number of aromatic nitrogens is 3. The summed E-state index contributed by atoms with van der Waals surface area (Å²) < 4.78 is 6.77. The number of esters is 1. The third-order valence-corrected chi connectivity index (χ3v) is 4.01. The van der Waals surface area contributed by atoms with Crippen LogP contribution in [0, 0.1) is 0 Å². The van der Waals surface area contributed by atoms with Gasteiger partial charge in [0.1, 0.15) is 18.9 Å². The first-order chi connectivity index (χ1) is 12.0. The zero-order valence-corrected chi connectivity index (χ0v) is 13.9. The minimum Gasteiger partial charge on any atom is -0.480 e. The Hall–Kier alpha value is -3.16. The van der Waals surface area contributed by atoms with Crippen molar-refractivity contribution >= 4 is 17.9 Å². The van der Waals surface area contributed by atoms with Crippen molar-refractivity contribution in [2.75, 3.05) is 18.1 Å². The maximum Gasteiger partial charge on any atom is 0.338 e. The fourth-order valence-corrected chi connectivity index (χ4v) is 2.97. The summed E-state index contributed by atoms with van der Waals surface area (Å²) in [5.74, 6) is -1.15. The van der Waals surface area contributed by atoms with Gasteiger partial charge in [-0.25, -0.2) is 9.48 Å². The van der Waals surface area contributed by atoms with E-state index in [2.05, 4.69) is 10.1 Å². The topological polar surface area (TPSA) is 97.6 Å². The van der Waals surface area contributed by atoms with Crippen molar-refractivity contribution in [3.63, 3.8) is 0 Å². The first kappa shape index (κ1) is 16.7. The lowest BCUT2D eigenvalue weighted by atomic mass is 9.95. The molecule has 1 aromatic heterocycles. The van der Waals surface area contributed by atoms with E-state index >= 15 is 0 Å². The van der Waals surface area contributed by atoms with Crippen molar-refractivity contribution < 1.29 is 19.4 Å². The first-order valence-electron chi connectivity index (χ1n) is 7.86. The highest BCUT2D eigenvalue weighted by Crippen LogP contribution is 2.38. The number of fused-ring (bicyclic) bond motifs is 1. The van der Waals surface area contributed by atoms with Crippen LogP contribution in [-0.4, -0.2) is 45.0 Å². The predicted molar refractivity (Wildman–Crippen MR) is 88.9 cm³/mol. The fraction of sp³-hybridized carbons (Fsp3) is 0.294. The minimum absolute atomic E-state index is 0.222. The molecule has 2 heterocycles. The molecule has 1 N–H and O–H groups in total. The number of aliphatic carboxylic acids is 1. The Labute approximate surface area is 144 Å². The number of rotatable bonds is 5. The summed E-state index contributed by atoms with van der Waals surface area (Å²) >= 11 is 0. The van der Waals surface area contributed by atoms with Crippen LogP contribution in [0.15, 0.2) is 47.9 Å². The Morgan fingerprint density at radius 1 is 1.28 bits per heavy atom. The average molecular weight is 342 g/mol. The fourth-order valence-electron chi connectivity index (χ4n) is 2.97. The Bertz CT molecular complexity index is 828. The molecule has 0 bridgehead atoms. The van der Waals surface area contributed by atoms with E-state index in [-0.39, 0.29) is 13.2 Å². The van der Waals surface area contributed by atoms with Gasteiger partial charge in [-0.15, -0.1) is 0 Å². The number of allylic oxidation sites excluding steroid dienone is 1. The Kier molecular flexibility index (Phi) is 4.51. The molecule has 0 amide bonds. The molecule has 0 spiro atoms. The molecule has 8 nitrogen and oxygen atoms in total. The van der Waals surface area contributed by atoms with E-state index in [1.54, 1.807) is 18.5 Å². The number of hydrogen-bond donors (Lipinski definition) is 1. The van der Waals surface area contributed by atoms with Gasteiger partial charge < -0.3 is 14.7 Å². The summed E-state index contributed by atoms with van der Waals surface area (Å²) in [7, 11) is 0. The largest absolute Gasteiger partial charge is 0.480 e. The number of hydrogen-bond acceptors (Lipinski definition) is 6. The van der Waals surface area contributed by atoms with Crippen LogP contribution >= 0.6 is 0 Å². The van der Waals surface area contributed by atoms with Gasteiger partial charge in [-0.3, -0.25) is 4.79 Å². The van der Waals surface area contributed by atoms with Crippen LogP contribution in [0.4, 0.5) is 5.95 Å². The Morgan fingerprint density at radius 2 is 2.00 bits per heavy atom. The van der Waals surface area contributed by atoms with E-state index in [1.165, 1.54) is 11.2 Å². The van der Waals surface area contributed by atoms with Gasteiger partial charge in [0, 0.05) is 5.70 Å². The summed E-state index contributed by atoms with van der Waals surface area (Å²) in [5.41, 5.74) is 1.69. The number of carboxylic acid groups (broad SMARTS) is 1. The molecule has 0 saturated heterocycles. The monoisotopic (exact) mass is 342 g/mol. The molecule has 2 aromatic rings. The molecule has 1 atom stereocenters. The molecule has 1 aromatic carbocycles. The number of carboxylic acids is 1. The van der Waals surface area contributed by atoms with Crippen LogP contribution in [0.3, 0.4) is 0 Å². The zero-order valence-electron chi connectivity index (χ0n) is 13.9. The Balaban J connectivity index is 2.20. The van der Waals surface area contributed by atoms with Gasteiger partial charge in [0.15, 0.2) is 0 Å². The van der Waals surface area contributed by atoms with E-state index in [9.17, 15) is 14.7 Å². The number of carbonyl (C=O) groups is 2. The van der Waals surface area contributed by atoms with Crippen molar-refractivity contribution in [2.45, 2.75) is 19.9 Å². The normalized spacial score (nSPS) is 16.6. The maximum absolute atomic E-state index is 12.6. The van der Waals surface area contributed by atoms with E-state index in [0.29, 0.717) is 17.2 Å². The van der Waals surface area contributed by atoms with Crippen molar-refractivity contribution in [1.29, 1.82) is 0 Å². The first-order valence-corrected chi connectivity index (χ1v) is 7.86. The van der Waals surface area contributed by atoms with Crippen LogP contribution in [0.5, 0.6) is 0 Å². The van der Waals surface area contributed by atoms with Crippen molar-refractivity contribution in [2.24, 2.45) is 0 Å². The average Bonchev–Trinajstić information content (AvgIpc) is 3.06. The number of anilines is 1. The van der Waals surface area contributed by atoms with Crippen molar-refractivity contribution in [1.82, 2.24) is 14.8 Å². The smallest absolute Gasteiger partial charge is 0.338 e. The lowest BCUT2D eigenvalue weighted by molar-refractivity contribution is -0.139. The van der Waals surface area contributed by atoms with E-state index in [0.717, 1.165) is 5.56 Å². The van der Waals surface area contributed by atoms with Crippen LogP contribution in [-0.2, 0) is 14.3 Å². The molecule has 1 unspecified atom stereocenters. The molecule has 0 saturated carbocycles. The second-order valence-electron chi connectivity index (χ2n) is 5.52. The summed E-state index contributed by atoms with van der Waals surface area (Å²) in [6.45, 7) is 3.32. The second kappa shape index (κ2) is 6.76. The molecule has 1 aliphatic heterocycles. The highest BCUT2D eigenvalue weighted by atomic mass is 16.5. The van der Waals surface area contributed by atoms with Gasteiger partial charge in [-0.1, -0.05) is 30.3 Å². The van der Waals surface area contributed by atoms with Gasteiger partial charge in [-0.05, 0) is 19.4 Å². The van der Waals surface area contributed by atoms with Crippen LogP contribution in [0.25, 0.3) is 0 Å². The quantitative estimate of drug-likeness (QED) is 0.824. The highest BCUT2D eigenvalue weighted by Gasteiger charge is 2.38. The highest BCUT2D eigenvalue weighted by molar-refractivity contribution is 5.93. The lowest BCUT2D eigenvalue weighted by Crippen LogP contribution is -2.39. The molecular weight excluding hydrogens is 324 g/mol. The number of benzene rings is 1. The number of nitrogens with zero attached hydrogens (tertiary/aromatic N) is 4. The number of ether oxygens (including phenoxy) is 1. The summed E-state index contributed by atoms with van der Waals surface area (Å²) in [6, 6.07) is 8.86. The predicted octanol–water partition coefficient (Wildman–Crippen LogP) is 1.61. The van der Waals surface area contributed by atoms with Crippen molar-refractivity contribution in [3.8, 4) is 0 Å². The van der Waals surface area contributed by atoms with E-state index in [1.807, 2.05) is 30.3 Å². The summed E-state index contributed by atoms with van der Waals surface area (Å²) in [6.07, 6.45) is 1.35. The molecule has 3 rings (SSSR count). The van der Waals surface area contributed by atoms with Gasteiger partial charge in [0.25, 0.3) is 0 Å². The van der Waals surface area contributed by atoms with Crippen LogP contribution in [0.1, 0.15) is 25.5 Å². The number of carbonyl (C=O) groups excluding carboxylic acids is 1. The van der Waals surface area contributed by atoms with E-state index < -0.39 is 18.0 Å². The third kappa shape index (κ3) is 2.98. The molecule has 0 fully saturated rings. The van der Waals surface area contributed by atoms with Gasteiger partial charge in [-0.2, -0.15) is 10.1 Å². The van der Waals surface area contributed by atoms with E-state index in [4.69, 9.17) is 4.74 Å². The van der Waals surface area contributed by atoms with Gasteiger partial charge in [0.05, 0.1) is 12.2 Å². The molecule has 0 radical (unpaired) electrons. The second-order valence-corrected chi connectivity index (χ2v) is 5.52. The Morgan fingerprint density at radius 3 is 2.64 bits per heavy atom. The molecular formula is C17H18N4O4. The van der Waals surface area contributed by atoms with Crippen LogP contribution in [0.2, 0.25) is 0 Å². The van der Waals surface area contributed by atoms with Gasteiger partial charge >= 0.3 is 11.9 Å². The molecule has 25 heavy (non-hydrogen) atoms. The molecule has 1 aliphatic rings. The maximum atomic E-state index is 12.6. The SMILES string of the molecule is CCOC(=O)C1=C(C)N(CC(=O)O)c2ncnn2C1c1ccccc1. The molecule has 0 aliphatic carbocycles. The molecule has 130 valence electrons. The lowest BCUT2D eigenvalue weighted by Gasteiger charge is -2.34. The van der Waals surface area contributed by atoms with Crippen LogP contribution < -0.4 is 4.90 Å². The molecule has 8 heteroatoms. The van der Waals surface area contributed by atoms with Crippen molar-refractivity contribution in [3.05, 3.63) is 53.5 Å². The minimum atomic E-state index is -1.03. The third-order valence-electron chi connectivity index (χ3n) is 4.01.